The molecule has 1 unspecified atom stereocenters. The van der Waals surface area contributed by atoms with Crippen molar-refractivity contribution in [3.8, 4) is 0 Å². The molecule has 4 heteroatoms. The first-order valence-electron chi connectivity index (χ1n) is 4.97. The number of nitrogens with zero attached hydrogens (tertiary/aromatic N) is 2. The van der Waals surface area contributed by atoms with Crippen LogP contribution in [0.1, 0.15) is 12.2 Å². The Morgan fingerprint density at radius 1 is 1.79 bits per heavy atom. The number of carbonyl (C=O) groups excluding carboxylic acids is 1. The molecule has 2 heterocycles. The van der Waals surface area contributed by atoms with Crippen molar-refractivity contribution in [2.75, 3.05) is 13.1 Å². The fourth-order valence-electron chi connectivity index (χ4n) is 1.80. The molecule has 2 rings (SSSR count). The maximum Gasteiger partial charge on any atom is 0.144 e. The first-order chi connectivity index (χ1) is 6.77. The molecule has 1 aliphatic heterocycles. The van der Waals surface area contributed by atoms with E-state index >= 15 is 0 Å². The molecule has 4 nitrogen and oxygen atoms in total. The highest BCUT2D eigenvalue weighted by Crippen LogP contribution is 2.11. The smallest absolute Gasteiger partial charge is 0.144 e. The maximum atomic E-state index is 11.8. The Balaban J connectivity index is 1.97. The van der Waals surface area contributed by atoms with Gasteiger partial charge >= 0.3 is 0 Å². The Morgan fingerprint density at radius 3 is 3.21 bits per heavy atom. The number of hydrogen-bond acceptors (Lipinski definition) is 3. The molecule has 14 heavy (non-hydrogen) atoms. The minimum Gasteiger partial charge on any atom is -0.338 e. The van der Waals surface area contributed by atoms with E-state index in [4.69, 9.17) is 0 Å². The highest BCUT2D eigenvalue weighted by Gasteiger charge is 2.23. The van der Waals surface area contributed by atoms with Gasteiger partial charge in [-0.15, -0.1) is 0 Å². The van der Waals surface area contributed by atoms with Gasteiger partial charge in [-0.3, -0.25) is 4.79 Å². The van der Waals surface area contributed by atoms with Gasteiger partial charge in [0.1, 0.15) is 11.6 Å². The summed E-state index contributed by atoms with van der Waals surface area (Å²) in [7, 11) is 1.92. The van der Waals surface area contributed by atoms with Crippen LogP contribution >= 0.6 is 0 Å². The lowest BCUT2D eigenvalue weighted by Crippen LogP contribution is -2.20. The van der Waals surface area contributed by atoms with Gasteiger partial charge in [0.05, 0.1) is 6.42 Å². The van der Waals surface area contributed by atoms with E-state index in [2.05, 4.69) is 10.3 Å². The van der Waals surface area contributed by atoms with Crippen LogP contribution in [0.15, 0.2) is 12.4 Å². The number of nitrogens with one attached hydrogen (secondary N) is 1. The number of hydrogen-bond donors (Lipinski definition) is 1. The number of aryl methyl sites for hydroxylation is 1. The quantitative estimate of drug-likeness (QED) is 0.743. The standard InChI is InChI=1S/C10H15N3O/c1-13-5-4-12-10(13)6-9(14)8-2-3-11-7-8/h4-5,8,11H,2-3,6-7H2,1H3. The fourth-order valence-corrected chi connectivity index (χ4v) is 1.80. The number of imidazole rings is 1. The first-order valence-corrected chi connectivity index (χ1v) is 4.97. The largest absolute Gasteiger partial charge is 0.338 e. The zero-order valence-electron chi connectivity index (χ0n) is 8.36. The molecule has 1 aromatic heterocycles. The molecule has 0 spiro atoms. The molecular formula is C10H15N3O. The highest BCUT2D eigenvalue weighted by molar-refractivity contribution is 5.83. The lowest BCUT2D eigenvalue weighted by atomic mass is 10.0. The van der Waals surface area contributed by atoms with Crippen molar-refractivity contribution >= 4 is 5.78 Å². The average molecular weight is 193 g/mol. The highest BCUT2D eigenvalue weighted by atomic mass is 16.1. The molecule has 0 radical (unpaired) electrons. The van der Waals surface area contributed by atoms with Crippen molar-refractivity contribution in [1.82, 2.24) is 14.9 Å². The Bertz CT molecular complexity index is 326. The zero-order chi connectivity index (χ0) is 9.97. The summed E-state index contributed by atoms with van der Waals surface area (Å²) < 4.78 is 1.90. The van der Waals surface area contributed by atoms with Gasteiger partial charge < -0.3 is 9.88 Å². The van der Waals surface area contributed by atoms with Gasteiger partial charge in [0.25, 0.3) is 0 Å². The molecule has 0 amide bonds. The third kappa shape index (κ3) is 1.85. The monoisotopic (exact) mass is 193 g/mol. The molecule has 1 aliphatic rings. The Hall–Kier alpha value is -1.16. The van der Waals surface area contributed by atoms with Crippen LogP contribution in [0.2, 0.25) is 0 Å². The molecule has 1 N–H and O–H groups in total. The van der Waals surface area contributed by atoms with Gasteiger partial charge in [-0.2, -0.15) is 0 Å². The third-order valence-corrected chi connectivity index (χ3v) is 2.77. The van der Waals surface area contributed by atoms with Crippen LogP contribution in [0, 0.1) is 5.92 Å². The van der Waals surface area contributed by atoms with E-state index in [1.807, 2.05) is 17.8 Å². The summed E-state index contributed by atoms with van der Waals surface area (Å²) in [5, 5.41) is 3.20. The van der Waals surface area contributed by atoms with Crippen LogP contribution in [0.25, 0.3) is 0 Å². The van der Waals surface area contributed by atoms with Crippen molar-refractivity contribution < 1.29 is 4.79 Å². The number of aromatic nitrogens is 2. The van der Waals surface area contributed by atoms with Gasteiger partial charge in [-0.05, 0) is 13.0 Å². The first kappa shape index (κ1) is 9.40. The molecule has 1 saturated heterocycles. The zero-order valence-corrected chi connectivity index (χ0v) is 8.36. The SMILES string of the molecule is Cn1ccnc1CC(=O)C1CCNC1. The summed E-state index contributed by atoms with van der Waals surface area (Å²) in [4.78, 5) is 15.9. The summed E-state index contributed by atoms with van der Waals surface area (Å²) in [5.74, 6) is 1.37. The van der Waals surface area contributed by atoms with Crippen LogP contribution < -0.4 is 5.32 Å². The van der Waals surface area contributed by atoms with Crippen LogP contribution in [0.3, 0.4) is 0 Å². The molecule has 0 bridgehead atoms. The molecule has 76 valence electrons. The maximum absolute atomic E-state index is 11.8. The van der Waals surface area contributed by atoms with Crippen molar-refractivity contribution in [3.63, 3.8) is 0 Å². The average Bonchev–Trinajstić information content (AvgIpc) is 2.77. The van der Waals surface area contributed by atoms with E-state index in [9.17, 15) is 4.79 Å². The molecule has 1 atom stereocenters. The summed E-state index contributed by atoms with van der Waals surface area (Å²) >= 11 is 0. The molecule has 0 aromatic carbocycles. The molecular weight excluding hydrogens is 178 g/mol. The van der Waals surface area contributed by atoms with E-state index < -0.39 is 0 Å². The van der Waals surface area contributed by atoms with E-state index in [0.29, 0.717) is 12.2 Å². The van der Waals surface area contributed by atoms with Gasteiger partial charge in [0.15, 0.2) is 0 Å². The van der Waals surface area contributed by atoms with Crippen LogP contribution in [-0.2, 0) is 18.3 Å². The van der Waals surface area contributed by atoms with Gasteiger partial charge in [-0.25, -0.2) is 4.98 Å². The molecule has 0 saturated carbocycles. The number of rotatable bonds is 3. The van der Waals surface area contributed by atoms with Crippen molar-refractivity contribution in [2.45, 2.75) is 12.8 Å². The summed E-state index contributed by atoms with van der Waals surface area (Å²) in [6.45, 7) is 1.81. The summed E-state index contributed by atoms with van der Waals surface area (Å²) in [6.07, 6.45) is 5.05. The molecule has 1 aromatic rings. The topological polar surface area (TPSA) is 46.9 Å². The minimum absolute atomic E-state index is 0.201. The Kier molecular flexibility index (Phi) is 2.63. The molecule has 0 aliphatic carbocycles. The second-order valence-corrected chi connectivity index (χ2v) is 3.79. The van der Waals surface area contributed by atoms with E-state index in [1.165, 1.54) is 0 Å². The van der Waals surface area contributed by atoms with Crippen molar-refractivity contribution in [1.29, 1.82) is 0 Å². The number of carbonyl (C=O) groups is 1. The lowest BCUT2D eigenvalue weighted by Gasteiger charge is -2.06. The predicted molar refractivity (Wildman–Crippen MR) is 52.9 cm³/mol. The van der Waals surface area contributed by atoms with Crippen molar-refractivity contribution in [3.05, 3.63) is 18.2 Å². The Morgan fingerprint density at radius 2 is 2.64 bits per heavy atom. The third-order valence-electron chi connectivity index (χ3n) is 2.77. The van der Waals surface area contributed by atoms with E-state index in [1.54, 1.807) is 6.20 Å². The fraction of sp³-hybridized carbons (Fsp3) is 0.600. The van der Waals surface area contributed by atoms with Gasteiger partial charge in [-0.1, -0.05) is 0 Å². The van der Waals surface area contributed by atoms with Crippen LogP contribution in [0.5, 0.6) is 0 Å². The number of ketones is 1. The van der Waals surface area contributed by atoms with Crippen LogP contribution in [-0.4, -0.2) is 28.4 Å². The summed E-state index contributed by atoms with van der Waals surface area (Å²) in [5.41, 5.74) is 0. The van der Waals surface area contributed by atoms with E-state index in [0.717, 1.165) is 25.3 Å². The summed E-state index contributed by atoms with van der Waals surface area (Å²) in [6, 6.07) is 0. The number of Topliss-reactive ketones (excluding diaryl/α,β-unsaturated/α-hetero) is 1. The predicted octanol–water partition coefficient (Wildman–Crippen LogP) is 0.141. The lowest BCUT2D eigenvalue weighted by molar-refractivity contribution is -0.121. The Labute approximate surface area is 83.3 Å². The second kappa shape index (κ2) is 3.92. The van der Waals surface area contributed by atoms with Crippen LogP contribution in [0.4, 0.5) is 0 Å². The second-order valence-electron chi connectivity index (χ2n) is 3.79. The van der Waals surface area contributed by atoms with Crippen molar-refractivity contribution in [2.24, 2.45) is 13.0 Å². The normalized spacial score (nSPS) is 21.4. The minimum atomic E-state index is 0.201. The van der Waals surface area contributed by atoms with Gasteiger partial charge in [0, 0.05) is 31.9 Å². The van der Waals surface area contributed by atoms with Gasteiger partial charge in [0.2, 0.25) is 0 Å². The molecule has 1 fully saturated rings. The van der Waals surface area contributed by atoms with E-state index in [-0.39, 0.29) is 5.92 Å².